The van der Waals surface area contributed by atoms with E-state index in [1.807, 2.05) is 13.1 Å². The molecule has 1 unspecified atom stereocenters. The van der Waals surface area contributed by atoms with E-state index in [0.29, 0.717) is 5.92 Å². The SMILES string of the molecule is Cc1ncc(CNCC2Cc3ccccc32)[nH]1. The maximum absolute atomic E-state index is 4.19. The van der Waals surface area contributed by atoms with Crippen molar-refractivity contribution in [3.05, 3.63) is 53.1 Å². The zero-order chi connectivity index (χ0) is 11.7. The van der Waals surface area contributed by atoms with Gasteiger partial charge >= 0.3 is 0 Å². The van der Waals surface area contributed by atoms with Crippen LogP contribution >= 0.6 is 0 Å². The van der Waals surface area contributed by atoms with Gasteiger partial charge in [-0.25, -0.2) is 4.98 Å². The molecule has 0 saturated heterocycles. The van der Waals surface area contributed by atoms with Gasteiger partial charge in [0.1, 0.15) is 5.82 Å². The number of nitrogens with one attached hydrogen (secondary N) is 2. The number of hydrogen-bond donors (Lipinski definition) is 2. The Bertz CT molecular complexity index is 516. The number of H-pyrrole nitrogens is 1. The summed E-state index contributed by atoms with van der Waals surface area (Å²) in [5.41, 5.74) is 4.19. The predicted molar refractivity (Wildman–Crippen MR) is 67.9 cm³/mol. The van der Waals surface area contributed by atoms with Crippen LogP contribution in [0.4, 0.5) is 0 Å². The molecule has 0 aliphatic heterocycles. The number of nitrogens with zero attached hydrogens (tertiary/aromatic N) is 1. The Kier molecular flexibility index (Phi) is 2.69. The lowest BCUT2D eigenvalue weighted by atomic mass is 9.77. The number of benzene rings is 1. The second-order valence-corrected chi connectivity index (χ2v) is 4.72. The summed E-state index contributed by atoms with van der Waals surface area (Å²) in [6.45, 7) is 3.90. The summed E-state index contributed by atoms with van der Waals surface area (Å²) in [6, 6.07) is 8.72. The minimum atomic E-state index is 0.690. The van der Waals surface area contributed by atoms with Crippen molar-refractivity contribution < 1.29 is 0 Å². The predicted octanol–water partition coefficient (Wildman–Crippen LogP) is 2.15. The third-order valence-electron chi connectivity index (χ3n) is 3.42. The van der Waals surface area contributed by atoms with Crippen LogP contribution in [0.25, 0.3) is 0 Å². The average molecular weight is 227 g/mol. The Morgan fingerprint density at radius 1 is 1.41 bits per heavy atom. The fourth-order valence-corrected chi connectivity index (χ4v) is 2.49. The highest BCUT2D eigenvalue weighted by atomic mass is 15.0. The van der Waals surface area contributed by atoms with Gasteiger partial charge in [0.2, 0.25) is 0 Å². The summed E-state index contributed by atoms with van der Waals surface area (Å²) in [5, 5.41) is 3.49. The van der Waals surface area contributed by atoms with E-state index in [0.717, 1.165) is 24.6 Å². The lowest BCUT2D eigenvalue weighted by Crippen LogP contribution is -2.28. The van der Waals surface area contributed by atoms with Crippen LogP contribution in [0.5, 0.6) is 0 Å². The van der Waals surface area contributed by atoms with E-state index in [-0.39, 0.29) is 0 Å². The monoisotopic (exact) mass is 227 g/mol. The highest BCUT2D eigenvalue weighted by Crippen LogP contribution is 2.33. The molecule has 0 amide bonds. The molecule has 3 heteroatoms. The van der Waals surface area contributed by atoms with Gasteiger partial charge in [0, 0.05) is 30.9 Å². The third-order valence-corrected chi connectivity index (χ3v) is 3.42. The first kappa shape index (κ1) is 10.5. The number of aryl methyl sites for hydroxylation is 1. The Hall–Kier alpha value is -1.61. The van der Waals surface area contributed by atoms with Crippen LogP contribution in [0.15, 0.2) is 30.5 Å². The van der Waals surface area contributed by atoms with Crippen LogP contribution in [0.1, 0.15) is 28.6 Å². The highest BCUT2D eigenvalue weighted by Gasteiger charge is 2.24. The smallest absolute Gasteiger partial charge is 0.103 e. The summed E-state index contributed by atoms with van der Waals surface area (Å²) in [7, 11) is 0. The highest BCUT2D eigenvalue weighted by molar-refractivity contribution is 5.40. The van der Waals surface area contributed by atoms with Crippen molar-refractivity contribution >= 4 is 0 Å². The standard InChI is InChI=1S/C14H17N3/c1-10-16-9-13(17-10)8-15-7-12-6-11-4-2-3-5-14(11)12/h2-5,9,12,15H,6-8H2,1H3,(H,16,17). The molecule has 1 aromatic heterocycles. The lowest BCUT2D eigenvalue weighted by molar-refractivity contribution is 0.533. The third kappa shape index (κ3) is 2.11. The largest absolute Gasteiger partial charge is 0.345 e. The van der Waals surface area contributed by atoms with Crippen molar-refractivity contribution in [3.63, 3.8) is 0 Å². The van der Waals surface area contributed by atoms with E-state index in [1.165, 1.54) is 17.5 Å². The Labute approximate surface area is 101 Å². The number of imidazole rings is 1. The molecule has 1 heterocycles. The Balaban J connectivity index is 1.51. The van der Waals surface area contributed by atoms with Gasteiger partial charge in [-0.05, 0) is 24.5 Å². The molecule has 0 saturated carbocycles. The molecule has 1 aliphatic rings. The first-order valence-electron chi connectivity index (χ1n) is 6.12. The number of aromatic nitrogens is 2. The van der Waals surface area contributed by atoms with E-state index in [1.54, 1.807) is 0 Å². The molecule has 1 atom stereocenters. The van der Waals surface area contributed by atoms with Gasteiger partial charge in [-0.2, -0.15) is 0 Å². The van der Waals surface area contributed by atoms with Gasteiger partial charge in [0.15, 0.2) is 0 Å². The van der Waals surface area contributed by atoms with Crippen molar-refractivity contribution in [3.8, 4) is 0 Å². The Morgan fingerprint density at radius 2 is 2.29 bits per heavy atom. The van der Waals surface area contributed by atoms with Gasteiger partial charge in [-0.1, -0.05) is 24.3 Å². The quantitative estimate of drug-likeness (QED) is 0.840. The minimum absolute atomic E-state index is 0.690. The summed E-state index contributed by atoms with van der Waals surface area (Å²) in [6.07, 6.45) is 3.11. The van der Waals surface area contributed by atoms with Crippen LogP contribution in [-0.4, -0.2) is 16.5 Å². The van der Waals surface area contributed by atoms with Gasteiger partial charge in [0.05, 0.1) is 0 Å². The molecule has 0 radical (unpaired) electrons. The molecule has 88 valence electrons. The summed E-state index contributed by atoms with van der Waals surface area (Å²) in [5.74, 6) is 1.67. The Morgan fingerprint density at radius 3 is 3.06 bits per heavy atom. The number of rotatable bonds is 4. The van der Waals surface area contributed by atoms with Gasteiger partial charge in [-0.3, -0.25) is 0 Å². The zero-order valence-corrected chi connectivity index (χ0v) is 10.0. The van der Waals surface area contributed by atoms with E-state index < -0.39 is 0 Å². The van der Waals surface area contributed by atoms with Gasteiger partial charge < -0.3 is 10.3 Å². The molecule has 17 heavy (non-hydrogen) atoms. The maximum atomic E-state index is 4.19. The summed E-state index contributed by atoms with van der Waals surface area (Å²) in [4.78, 5) is 7.42. The van der Waals surface area contributed by atoms with E-state index in [2.05, 4.69) is 39.6 Å². The number of fused-ring (bicyclic) bond motifs is 1. The number of aromatic amines is 1. The second kappa shape index (κ2) is 4.34. The summed E-state index contributed by atoms with van der Waals surface area (Å²) >= 11 is 0. The lowest BCUT2D eigenvalue weighted by Gasteiger charge is -2.30. The van der Waals surface area contributed by atoms with Crippen molar-refractivity contribution in [2.75, 3.05) is 6.54 Å². The van der Waals surface area contributed by atoms with Crippen molar-refractivity contribution in [1.29, 1.82) is 0 Å². The number of hydrogen-bond acceptors (Lipinski definition) is 2. The van der Waals surface area contributed by atoms with Crippen LogP contribution in [-0.2, 0) is 13.0 Å². The molecule has 0 bridgehead atoms. The maximum Gasteiger partial charge on any atom is 0.103 e. The van der Waals surface area contributed by atoms with Crippen molar-refractivity contribution in [2.24, 2.45) is 0 Å². The minimum Gasteiger partial charge on any atom is -0.345 e. The molecule has 0 spiro atoms. The first-order chi connectivity index (χ1) is 8.33. The normalized spacial score (nSPS) is 17.6. The van der Waals surface area contributed by atoms with Crippen LogP contribution in [0.3, 0.4) is 0 Å². The van der Waals surface area contributed by atoms with Crippen molar-refractivity contribution in [2.45, 2.75) is 25.8 Å². The van der Waals surface area contributed by atoms with Crippen molar-refractivity contribution in [1.82, 2.24) is 15.3 Å². The molecule has 1 aromatic carbocycles. The van der Waals surface area contributed by atoms with Crippen LogP contribution < -0.4 is 5.32 Å². The molecule has 3 nitrogen and oxygen atoms in total. The zero-order valence-electron chi connectivity index (χ0n) is 10.0. The molecule has 2 N–H and O–H groups in total. The molecule has 3 rings (SSSR count). The molecule has 0 fully saturated rings. The first-order valence-corrected chi connectivity index (χ1v) is 6.12. The van der Waals surface area contributed by atoms with Gasteiger partial charge in [-0.15, -0.1) is 0 Å². The second-order valence-electron chi connectivity index (χ2n) is 4.72. The van der Waals surface area contributed by atoms with E-state index in [9.17, 15) is 0 Å². The van der Waals surface area contributed by atoms with Crippen LogP contribution in [0, 0.1) is 6.92 Å². The molecule has 2 aromatic rings. The van der Waals surface area contributed by atoms with Crippen LogP contribution in [0.2, 0.25) is 0 Å². The summed E-state index contributed by atoms with van der Waals surface area (Å²) < 4.78 is 0. The van der Waals surface area contributed by atoms with Gasteiger partial charge in [0.25, 0.3) is 0 Å². The fourth-order valence-electron chi connectivity index (χ4n) is 2.49. The molecular weight excluding hydrogens is 210 g/mol. The average Bonchev–Trinajstić information content (AvgIpc) is 2.71. The van der Waals surface area contributed by atoms with E-state index in [4.69, 9.17) is 0 Å². The molecular formula is C14H17N3. The van der Waals surface area contributed by atoms with E-state index >= 15 is 0 Å². The fraction of sp³-hybridized carbons (Fsp3) is 0.357. The molecule has 1 aliphatic carbocycles. The topological polar surface area (TPSA) is 40.7 Å².